The Bertz CT molecular complexity index is 1100. The normalized spacial score (nSPS) is 11.0. The molecule has 30 heavy (non-hydrogen) atoms. The van der Waals surface area contributed by atoms with E-state index in [1.807, 2.05) is 25.1 Å². The average molecular weight is 426 g/mol. The zero-order valence-electron chi connectivity index (χ0n) is 16.8. The number of ether oxygens (including phenoxy) is 2. The second-order valence-corrected chi connectivity index (χ2v) is 8.25. The zero-order valence-corrected chi connectivity index (χ0v) is 17.6. The standard InChI is InChI=1S/C23H23NO5S/c1-3-18-8-7-9-21(16-18)29-17-23(25)24(19-12-14-20(28-2)15-13-19)30(26,27)22-10-5-4-6-11-22/h4-16H,3,17H2,1-2H3. The molecule has 7 heteroatoms. The number of hydrogen-bond acceptors (Lipinski definition) is 5. The molecule has 1 amide bonds. The highest BCUT2D eigenvalue weighted by molar-refractivity contribution is 7.93. The van der Waals surface area contributed by atoms with Crippen LogP contribution in [0.15, 0.2) is 83.8 Å². The van der Waals surface area contributed by atoms with Gasteiger partial charge in [-0.1, -0.05) is 37.3 Å². The Morgan fingerprint density at radius 2 is 1.60 bits per heavy atom. The summed E-state index contributed by atoms with van der Waals surface area (Å²) >= 11 is 0. The smallest absolute Gasteiger partial charge is 0.278 e. The van der Waals surface area contributed by atoms with E-state index in [-0.39, 0.29) is 10.6 Å². The van der Waals surface area contributed by atoms with Crippen molar-refractivity contribution in [2.75, 3.05) is 18.0 Å². The van der Waals surface area contributed by atoms with Gasteiger partial charge in [0, 0.05) is 0 Å². The van der Waals surface area contributed by atoms with Gasteiger partial charge in [-0.25, -0.2) is 8.42 Å². The van der Waals surface area contributed by atoms with E-state index >= 15 is 0 Å². The van der Waals surface area contributed by atoms with Gasteiger partial charge in [0.2, 0.25) is 0 Å². The van der Waals surface area contributed by atoms with Gasteiger partial charge < -0.3 is 9.47 Å². The molecule has 0 unspecified atom stereocenters. The van der Waals surface area contributed by atoms with Gasteiger partial charge in [0.15, 0.2) is 6.61 Å². The number of carbonyl (C=O) groups is 1. The number of sulfonamides is 1. The van der Waals surface area contributed by atoms with Crippen molar-refractivity contribution in [2.24, 2.45) is 0 Å². The largest absolute Gasteiger partial charge is 0.497 e. The predicted molar refractivity (Wildman–Crippen MR) is 115 cm³/mol. The fraction of sp³-hybridized carbons (Fsp3) is 0.174. The number of hydrogen-bond donors (Lipinski definition) is 0. The van der Waals surface area contributed by atoms with E-state index in [9.17, 15) is 13.2 Å². The van der Waals surface area contributed by atoms with Gasteiger partial charge in [-0.3, -0.25) is 4.79 Å². The summed E-state index contributed by atoms with van der Waals surface area (Å²) in [6.07, 6.45) is 0.825. The zero-order chi connectivity index (χ0) is 21.6. The van der Waals surface area contributed by atoms with Gasteiger partial charge in [-0.15, -0.1) is 0 Å². The maximum absolute atomic E-state index is 13.3. The molecule has 3 aromatic carbocycles. The van der Waals surface area contributed by atoms with E-state index in [0.717, 1.165) is 16.3 Å². The molecule has 0 saturated carbocycles. The molecule has 0 radical (unpaired) electrons. The van der Waals surface area contributed by atoms with Gasteiger partial charge in [0.25, 0.3) is 15.9 Å². The van der Waals surface area contributed by atoms with Gasteiger partial charge in [-0.2, -0.15) is 4.31 Å². The Balaban J connectivity index is 1.92. The van der Waals surface area contributed by atoms with Crippen LogP contribution in [0.4, 0.5) is 5.69 Å². The van der Waals surface area contributed by atoms with Crippen molar-refractivity contribution >= 4 is 21.6 Å². The lowest BCUT2D eigenvalue weighted by molar-refractivity contribution is -0.119. The van der Waals surface area contributed by atoms with Gasteiger partial charge >= 0.3 is 0 Å². The third-order valence-electron chi connectivity index (χ3n) is 4.48. The maximum atomic E-state index is 13.3. The molecule has 3 aromatic rings. The summed E-state index contributed by atoms with van der Waals surface area (Å²) in [4.78, 5) is 13.1. The number of carbonyl (C=O) groups excluding carboxylic acids is 1. The fourth-order valence-electron chi connectivity index (χ4n) is 2.89. The Morgan fingerprint density at radius 1 is 0.900 bits per heavy atom. The van der Waals surface area contributed by atoms with Crippen LogP contribution in [0.5, 0.6) is 11.5 Å². The SMILES string of the molecule is CCc1cccc(OCC(=O)N(c2ccc(OC)cc2)S(=O)(=O)c2ccccc2)c1. The summed E-state index contributed by atoms with van der Waals surface area (Å²) in [5.41, 5.74) is 1.26. The van der Waals surface area contributed by atoms with Gasteiger partial charge in [0.05, 0.1) is 17.7 Å². The van der Waals surface area contributed by atoms with Crippen molar-refractivity contribution in [1.29, 1.82) is 0 Å². The summed E-state index contributed by atoms with van der Waals surface area (Å²) in [7, 11) is -2.62. The summed E-state index contributed by atoms with van der Waals surface area (Å²) in [6.45, 7) is 1.59. The van der Waals surface area contributed by atoms with Crippen molar-refractivity contribution in [2.45, 2.75) is 18.2 Å². The first kappa shape index (κ1) is 21.4. The molecule has 0 aliphatic carbocycles. The van der Waals surface area contributed by atoms with Gasteiger partial charge in [-0.05, 0) is 60.5 Å². The van der Waals surface area contributed by atoms with Gasteiger partial charge in [0.1, 0.15) is 11.5 Å². The van der Waals surface area contributed by atoms with Crippen LogP contribution in [0.3, 0.4) is 0 Å². The molecule has 0 saturated heterocycles. The lowest BCUT2D eigenvalue weighted by Gasteiger charge is -2.23. The van der Waals surface area contributed by atoms with E-state index in [1.165, 1.54) is 31.4 Å². The van der Waals surface area contributed by atoms with E-state index in [1.54, 1.807) is 36.4 Å². The highest BCUT2D eigenvalue weighted by atomic mass is 32.2. The van der Waals surface area contributed by atoms with E-state index in [0.29, 0.717) is 11.5 Å². The summed E-state index contributed by atoms with van der Waals surface area (Å²) in [5, 5.41) is 0. The monoisotopic (exact) mass is 425 g/mol. The number of amides is 1. The molecule has 0 fully saturated rings. The second-order valence-electron chi connectivity index (χ2n) is 6.46. The summed E-state index contributed by atoms with van der Waals surface area (Å²) < 4.78 is 38.0. The number of anilines is 1. The predicted octanol–water partition coefficient (Wildman–Crippen LogP) is 4.06. The highest BCUT2D eigenvalue weighted by Gasteiger charge is 2.31. The quantitative estimate of drug-likeness (QED) is 0.544. The fourth-order valence-corrected chi connectivity index (χ4v) is 4.32. The molecule has 0 bridgehead atoms. The molecular weight excluding hydrogens is 402 g/mol. The van der Waals surface area contributed by atoms with Crippen molar-refractivity contribution in [3.8, 4) is 11.5 Å². The lowest BCUT2D eigenvalue weighted by atomic mass is 10.2. The van der Waals surface area contributed by atoms with Crippen molar-refractivity contribution < 1.29 is 22.7 Å². The number of nitrogens with zero attached hydrogens (tertiary/aromatic N) is 1. The van der Waals surface area contributed by atoms with Crippen molar-refractivity contribution in [3.05, 3.63) is 84.4 Å². The van der Waals surface area contributed by atoms with E-state index in [4.69, 9.17) is 9.47 Å². The Kier molecular flexibility index (Phi) is 6.74. The lowest BCUT2D eigenvalue weighted by Crippen LogP contribution is -2.40. The molecule has 3 rings (SSSR count). The summed E-state index contributed by atoms with van der Waals surface area (Å²) in [5.74, 6) is 0.358. The Hall–Kier alpha value is -3.32. The number of methoxy groups -OCH3 is 1. The van der Waals surface area contributed by atoms with Crippen LogP contribution in [0, 0.1) is 0 Å². The number of rotatable bonds is 8. The minimum Gasteiger partial charge on any atom is -0.497 e. The topological polar surface area (TPSA) is 72.9 Å². The molecule has 6 nitrogen and oxygen atoms in total. The van der Waals surface area contributed by atoms with E-state index in [2.05, 4.69) is 0 Å². The van der Waals surface area contributed by atoms with Crippen LogP contribution >= 0.6 is 0 Å². The third kappa shape index (κ3) is 4.80. The van der Waals surface area contributed by atoms with Crippen LogP contribution < -0.4 is 13.8 Å². The molecule has 0 spiro atoms. The second kappa shape index (κ2) is 9.45. The summed E-state index contributed by atoms with van der Waals surface area (Å²) in [6, 6.07) is 21.4. The Morgan fingerprint density at radius 3 is 2.23 bits per heavy atom. The molecule has 0 heterocycles. The third-order valence-corrected chi connectivity index (χ3v) is 6.25. The van der Waals surface area contributed by atoms with Crippen LogP contribution in [-0.2, 0) is 21.2 Å². The molecule has 156 valence electrons. The highest BCUT2D eigenvalue weighted by Crippen LogP contribution is 2.26. The maximum Gasteiger partial charge on any atom is 0.278 e. The first-order valence-electron chi connectivity index (χ1n) is 9.44. The first-order valence-corrected chi connectivity index (χ1v) is 10.9. The molecule has 0 aliphatic heterocycles. The number of benzene rings is 3. The Labute approximate surface area is 176 Å². The molecule has 0 N–H and O–H groups in total. The van der Waals surface area contributed by atoms with Crippen LogP contribution in [-0.4, -0.2) is 28.0 Å². The first-order chi connectivity index (χ1) is 14.5. The van der Waals surface area contributed by atoms with Crippen LogP contribution in [0.25, 0.3) is 0 Å². The molecule has 0 aliphatic rings. The van der Waals surface area contributed by atoms with Crippen LogP contribution in [0.2, 0.25) is 0 Å². The number of aryl methyl sites for hydroxylation is 1. The van der Waals surface area contributed by atoms with E-state index < -0.39 is 22.5 Å². The van der Waals surface area contributed by atoms with Crippen molar-refractivity contribution in [1.82, 2.24) is 0 Å². The molecular formula is C23H23NO5S. The van der Waals surface area contributed by atoms with Crippen molar-refractivity contribution in [3.63, 3.8) is 0 Å². The van der Waals surface area contributed by atoms with Crippen LogP contribution in [0.1, 0.15) is 12.5 Å². The average Bonchev–Trinajstić information content (AvgIpc) is 2.79. The minimum absolute atomic E-state index is 0.0159. The minimum atomic E-state index is -4.13. The molecule has 0 atom stereocenters. The molecule has 0 aromatic heterocycles.